The molecule has 0 unspecified atom stereocenters. The van der Waals surface area contributed by atoms with E-state index in [1.54, 1.807) is 0 Å². The predicted molar refractivity (Wildman–Crippen MR) is 58.6 cm³/mol. The van der Waals surface area contributed by atoms with Crippen LogP contribution in [0, 0.1) is 17.3 Å². The molecule has 0 aromatic carbocycles. The zero-order chi connectivity index (χ0) is 10.3. The fourth-order valence-electron chi connectivity index (χ4n) is 2.84. The van der Waals surface area contributed by atoms with E-state index in [0.29, 0.717) is 11.3 Å². The van der Waals surface area contributed by atoms with Gasteiger partial charge in [0.25, 0.3) is 0 Å². The lowest BCUT2D eigenvalue weighted by atomic mass is 9.56. The Morgan fingerprint density at radius 2 is 1.85 bits per heavy atom. The van der Waals surface area contributed by atoms with Crippen molar-refractivity contribution >= 4 is 0 Å². The molecule has 1 fully saturated rings. The van der Waals surface area contributed by atoms with E-state index in [1.807, 2.05) is 0 Å². The first kappa shape index (κ1) is 11.0. The summed E-state index contributed by atoms with van der Waals surface area (Å²) in [6.45, 7) is 11.5. The molecule has 0 heterocycles. The molecule has 1 aliphatic carbocycles. The van der Waals surface area contributed by atoms with Crippen molar-refractivity contribution in [2.75, 3.05) is 0 Å². The Labute approximate surface area is 83.1 Å². The average molecular weight is 183 g/mol. The summed E-state index contributed by atoms with van der Waals surface area (Å²) in [4.78, 5) is 0. The van der Waals surface area contributed by atoms with E-state index in [1.165, 1.54) is 19.3 Å². The Morgan fingerprint density at radius 1 is 1.31 bits per heavy atom. The third-order valence-electron chi connectivity index (χ3n) is 4.51. The second-order valence-electron chi connectivity index (χ2n) is 5.84. The van der Waals surface area contributed by atoms with Gasteiger partial charge in [0, 0.05) is 5.54 Å². The first-order chi connectivity index (χ1) is 5.79. The minimum absolute atomic E-state index is 0.0266. The maximum atomic E-state index is 6.45. The molecule has 0 amide bonds. The van der Waals surface area contributed by atoms with Crippen LogP contribution in [0.3, 0.4) is 0 Å². The Hall–Kier alpha value is -0.0400. The first-order valence-electron chi connectivity index (χ1n) is 5.58. The monoisotopic (exact) mass is 183 g/mol. The van der Waals surface area contributed by atoms with Crippen LogP contribution in [0.1, 0.15) is 53.9 Å². The molecule has 2 N–H and O–H groups in total. The zero-order valence-electron chi connectivity index (χ0n) is 9.85. The van der Waals surface area contributed by atoms with Gasteiger partial charge < -0.3 is 5.73 Å². The highest BCUT2D eigenvalue weighted by Crippen LogP contribution is 2.49. The molecule has 13 heavy (non-hydrogen) atoms. The van der Waals surface area contributed by atoms with Crippen LogP contribution < -0.4 is 5.73 Å². The van der Waals surface area contributed by atoms with Crippen LogP contribution in [0.4, 0.5) is 0 Å². The van der Waals surface area contributed by atoms with Gasteiger partial charge in [-0.15, -0.1) is 0 Å². The van der Waals surface area contributed by atoms with Gasteiger partial charge in [0.1, 0.15) is 0 Å². The van der Waals surface area contributed by atoms with E-state index in [0.717, 1.165) is 5.92 Å². The van der Waals surface area contributed by atoms with Gasteiger partial charge in [-0.1, -0.05) is 34.1 Å². The molecule has 0 aromatic heterocycles. The van der Waals surface area contributed by atoms with Gasteiger partial charge in [0.2, 0.25) is 0 Å². The molecule has 1 saturated carbocycles. The van der Waals surface area contributed by atoms with Gasteiger partial charge >= 0.3 is 0 Å². The number of hydrogen-bond acceptors (Lipinski definition) is 1. The zero-order valence-corrected chi connectivity index (χ0v) is 9.85. The molecule has 1 aliphatic rings. The van der Waals surface area contributed by atoms with Crippen LogP contribution in [0.5, 0.6) is 0 Å². The molecule has 0 saturated heterocycles. The smallest absolute Gasteiger partial charge is 0.0185 e. The molecule has 1 nitrogen and oxygen atoms in total. The van der Waals surface area contributed by atoms with Crippen molar-refractivity contribution in [1.29, 1.82) is 0 Å². The van der Waals surface area contributed by atoms with Crippen molar-refractivity contribution in [3.63, 3.8) is 0 Å². The van der Waals surface area contributed by atoms with Crippen molar-refractivity contribution in [1.82, 2.24) is 0 Å². The van der Waals surface area contributed by atoms with Crippen LogP contribution >= 0.6 is 0 Å². The summed E-state index contributed by atoms with van der Waals surface area (Å²) >= 11 is 0. The standard InChI is InChI=1S/C12H25N/c1-9(2)11(4)7-6-10(3)8-12(11,5)13/h9-10H,6-8,13H2,1-5H3/t10-,11+,12-/m1/s1. The molecule has 0 spiro atoms. The van der Waals surface area contributed by atoms with Gasteiger partial charge in [0.15, 0.2) is 0 Å². The number of hydrogen-bond donors (Lipinski definition) is 1. The van der Waals surface area contributed by atoms with Crippen LogP contribution in [0.2, 0.25) is 0 Å². The highest BCUT2D eigenvalue weighted by Gasteiger charge is 2.47. The third kappa shape index (κ3) is 1.76. The quantitative estimate of drug-likeness (QED) is 0.664. The molecular weight excluding hydrogens is 158 g/mol. The van der Waals surface area contributed by atoms with E-state index in [-0.39, 0.29) is 5.54 Å². The first-order valence-corrected chi connectivity index (χ1v) is 5.58. The van der Waals surface area contributed by atoms with Crippen molar-refractivity contribution < 1.29 is 0 Å². The molecule has 1 heteroatoms. The van der Waals surface area contributed by atoms with Crippen molar-refractivity contribution in [3.05, 3.63) is 0 Å². The second-order valence-corrected chi connectivity index (χ2v) is 5.84. The average Bonchev–Trinajstić information content (AvgIpc) is 1.96. The molecule has 0 radical (unpaired) electrons. The van der Waals surface area contributed by atoms with E-state index in [2.05, 4.69) is 34.6 Å². The summed E-state index contributed by atoms with van der Waals surface area (Å²) in [5, 5.41) is 0. The number of nitrogens with two attached hydrogens (primary N) is 1. The molecule has 0 aliphatic heterocycles. The third-order valence-corrected chi connectivity index (χ3v) is 4.51. The van der Waals surface area contributed by atoms with E-state index >= 15 is 0 Å². The van der Waals surface area contributed by atoms with E-state index < -0.39 is 0 Å². The summed E-state index contributed by atoms with van der Waals surface area (Å²) in [6.07, 6.45) is 3.82. The van der Waals surface area contributed by atoms with Gasteiger partial charge in [-0.2, -0.15) is 0 Å². The molecule has 3 atom stereocenters. The summed E-state index contributed by atoms with van der Waals surface area (Å²) in [5.41, 5.74) is 6.81. The fourth-order valence-corrected chi connectivity index (χ4v) is 2.84. The Kier molecular flexibility index (Phi) is 2.78. The summed E-state index contributed by atoms with van der Waals surface area (Å²) in [5.74, 6) is 1.50. The lowest BCUT2D eigenvalue weighted by Gasteiger charge is -2.52. The van der Waals surface area contributed by atoms with E-state index in [9.17, 15) is 0 Å². The van der Waals surface area contributed by atoms with Crippen LogP contribution in [-0.4, -0.2) is 5.54 Å². The fraction of sp³-hybridized carbons (Fsp3) is 1.00. The Balaban J connectivity index is 2.86. The van der Waals surface area contributed by atoms with Gasteiger partial charge in [-0.3, -0.25) is 0 Å². The molecule has 0 aromatic rings. The highest BCUT2D eigenvalue weighted by molar-refractivity contribution is 5.02. The van der Waals surface area contributed by atoms with Crippen molar-refractivity contribution in [3.8, 4) is 0 Å². The molecular formula is C12H25N. The van der Waals surface area contributed by atoms with Gasteiger partial charge in [-0.05, 0) is 37.0 Å². The maximum Gasteiger partial charge on any atom is 0.0185 e. The van der Waals surface area contributed by atoms with E-state index in [4.69, 9.17) is 5.73 Å². The normalized spacial score (nSPS) is 46.8. The van der Waals surface area contributed by atoms with Crippen molar-refractivity contribution in [2.45, 2.75) is 59.4 Å². The lowest BCUT2D eigenvalue weighted by molar-refractivity contribution is 0.0230. The maximum absolute atomic E-state index is 6.45. The summed E-state index contributed by atoms with van der Waals surface area (Å²) in [6, 6.07) is 0. The van der Waals surface area contributed by atoms with Crippen LogP contribution in [-0.2, 0) is 0 Å². The van der Waals surface area contributed by atoms with Crippen LogP contribution in [0.25, 0.3) is 0 Å². The molecule has 78 valence electrons. The SMILES string of the molecule is CC(C)[C@]1(C)CC[C@@H](C)C[C@@]1(C)N. The molecule has 1 rings (SSSR count). The van der Waals surface area contributed by atoms with Crippen molar-refractivity contribution in [2.24, 2.45) is 23.0 Å². The largest absolute Gasteiger partial charge is 0.325 e. The minimum atomic E-state index is 0.0266. The topological polar surface area (TPSA) is 26.0 Å². The highest BCUT2D eigenvalue weighted by atomic mass is 14.8. The minimum Gasteiger partial charge on any atom is -0.325 e. The predicted octanol–water partition coefficient (Wildman–Crippen LogP) is 3.19. The second kappa shape index (κ2) is 3.27. The van der Waals surface area contributed by atoms with Crippen LogP contribution in [0.15, 0.2) is 0 Å². The lowest BCUT2D eigenvalue weighted by Crippen LogP contribution is -2.57. The Bertz CT molecular complexity index is 184. The van der Waals surface area contributed by atoms with Gasteiger partial charge in [-0.25, -0.2) is 0 Å². The summed E-state index contributed by atoms with van der Waals surface area (Å²) < 4.78 is 0. The van der Waals surface area contributed by atoms with Gasteiger partial charge in [0.05, 0.1) is 0 Å². The summed E-state index contributed by atoms with van der Waals surface area (Å²) in [7, 11) is 0. The molecule has 0 bridgehead atoms. The Morgan fingerprint density at radius 3 is 2.23 bits per heavy atom. The number of rotatable bonds is 1.